The van der Waals surface area contributed by atoms with Crippen molar-refractivity contribution in [2.24, 2.45) is 5.41 Å². The molecule has 0 atom stereocenters. The minimum absolute atomic E-state index is 0. The van der Waals surface area contributed by atoms with Gasteiger partial charge in [-0.15, -0.1) is 29.8 Å². The summed E-state index contributed by atoms with van der Waals surface area (Å²) in [5, 5.41) is 4.06. The van der Waals surface area contributed by atoms with Crippen LogP contribution in [-0.4, -0.2) is 16.1 Å². The Morgan fingerprint density at radius 2 is 1.46 bits per heavy atom. The number of furan rings is 1. The van der Waals surface area contributed by atoms with Gasteiger partial charge in [-0.25, -0.2) is 0 Å². The summed E-state index contributed by atoms with van der Waals surface area (Å²) < 4.78 is 110. The number of nitrogens with zero attached hydrogens (tertiary/aromatic N) is 2. The molecule has 297 valence electrons. The van der Waals surface area contributed by atoms with Crippen molar-refractivity contribution in [1.29, 1.82) is 0 Å². The normalized spacial score (nSPS) is 14.3. The smallest absolute Gasteiger partial charge is 0.394 e. The van der Waals surface area contributed by atoms with E-state index in [2.05, 4.69) is 35.1 Å². The Bertz CT molecular complexity index is 3220. The zero-order chi connectivity index (χ0) is 47.4. The molecule has 0 N–H and O–H groups in total. The number of alkyl halides is 3. The van der Waals surface area contributed by atoms with Crippen LogP contribution in [0.1, 0.15) is 47.1 Å². The molecule has 3 aromatic heterocycles. The van der Waals surface area contributed by atoms with Crippen LogP contribution in [0, 0.1) is 32.1 Å². The van der Waals surface area contributed by atoms with Gasteiger partial charge in [0.05, 0.1) is 11.0 Å². The first-order valence-electron chi connectivity index (χ1n) is 22.5. The molecule has 1 radical (unpaired) electrons. The Labute approximate surface area is 367 Å². The van der Waals surface area contributed by atoms with Gasteiger partial charge in [-0.3, -0.25) is 4.98 Å². The predicted octanol–water partition coefficient (Wildman–Crippen LogP) is 14.6. The van der Waals surface area contributed by atoms with Crippen molar-refractivity contribution < 1.29 is 48.7 Å². The molecule has 7 heteroatoms. The minimum atomic E-state index is -4.70. The molecule has 0 bridgehead atoms. The number of rotatable bonds is 6. The van der Waals surface area contributed by atoms with E-state index in [-0.39, 0.29) is 36.8 Å². The van der Waals surface area contributed by atoms with Gasteiger partial charge in [-0.05, 0) is 69.8 Å². The maximum absolute atomic E-state index is 13.6. The van der Waals surface area contributed by atoms with Crippen LogP contribution >= 0.6 is 0 Å². The van der Waals surface area contributed by atoms with Crippen molar-refractivity contribution in [2.45, 2.75) is 40.1 Å². The Morgan fingerprint density at radius 1 is 0.695 bits per heavy atom. The number of benzene rings is 6. The summed E-state index contributed by atoms with van der Waals surface area (Å²) >= 11 is 0. The monoisotopic (exact) mass is 967 g/mol. The number of fused-ring (bicyclic) bond motifs is 5. The number of aromatic nitrogens is 2. The van der Waals surface area contributed by atoms with E-state index in [1.807, 2.05) is 72.8 Å². The van der Waals surface area contributed by atoms with Crippen molar-refractivity contribution in [3.8, 4) is 44.8 Å². The molecule has 0 amide bonds. The van der Waals surface area contributed by atoms with E-state index in [1.165, 1.54) is 24.4 Å². The predicted molar refractivity (Wildman–Crippen MR) is 231 cm³/mol. The summed E-state index contributed by atoms with van der Waals surface area (Å²) in [6.07, 6.45) is -4.32. The van der Waals surface area contributed by atoms with Crippen LogP contribution in [0.3, 0.4) is 0 Å². The first-order chi connectivity index (χ1) is 31.1. The van der Waals surface area contributed by atoms with Crippen molar-refractivity contribution in [3.63, 3.8) is 0 Å². The molecule has 0 aliphatic carbocycles. The van der Waals surface area contributed by atoms with Crippen LogP contribution in [0.2, 0.25) is 0 Å². The molecule has 0 saturated heterocycles. The molecular weight excluding hydrogens is 918 g/mol. The fraction of sp³-hybridized carbons (Fsp3) is 0.135. The van der Waals surface area contributed by atoms with E-state index < -0.39 is 31.7 Å². The quantitative estimate of drug-likeness (QED) is 0.156. The van der Waals surface area contributed by atoms with Crippen molar-refractivity contribution in [1.82, 2.24) is 9.97 Å². The second-order valence-corrected chi connectivity index (χ2v) is 14.5. The molecule has 0 aliphatic rings. The number of hydrogen-bond donors (Lipinski definition) is 0. The molecule has 0 fully saturated rings. The van der Waals surface area contributed by atoms with E-state index in [9.17, 15) is 13.2 Å². The molecular formula is C52H41F3IrN2O-2. The van der Waals surface area contributed by atoms with Gasteiger partial charge in [0, 0.05) is 59.9 Å². The fourth-order valence-electron chi connectivity index (χ4n) is 6.88. The molecule has 9 aromatic rings. The van der Waals surface area contributed by atoms with Crippen LogP contribution in [0.15, 0.2) is 156 Å². The third-order valence-electron chi connectivity index (χ3n) is 10.1. The molecule has 0 aliphatic heterocycles. The maximum Gasteiger partial charge on any atom is 0.394 e. The van der Waals surface area contributed by atoms with Gasteiger partial charge in [-0.2, -0.15) is 31.7 Å². The number of hydrogen-bond acceptors (Lipinski definition) is 3. The van der Waals surface area contributed by atoms with E-state index in [4.69, 9.17) is 15.4 Å². The fourth-order valence-corrected chi connectivity index (χ4v) is 6.88. The van der Waals surface area contributed by atoms with Crippen LogP contribution in [0.5, 0.6) is 0 Å². The molecule has 59 heavy (non-hydrogen) atoms. The summed E-state index contributed by atoms with van der Waals surface area (Å²) in [5.74, 6) is 0. The Balaban J connectivity index is 0.000000210. The zero-order valence-electron chi connectivity index (χ0n) is 39.9. The standard InChI is InChI=1S/C32H23F3NO.C20H18N.Ir/c1-31(2,32(33,34)35)19-20-10-12-21(13-11-20)23-16-17-36-28(18-23)27-9-5-8-25-26-15-14-22-6-3-4-7-24(22)29(26)37-30(25)27;1-14-9-10-20(21-13-14)19-12-18(15(2)11-16(19)3)17-7-5-4-6-8-17;/h3-8,10-18H,19H2,1-2H3;4-13H,3H2,1-2H3;/q2*-1;/i19D2;1D3,2D3;. The largest absolute Gasteiger partial charge is 0.500 e. The number of halogens is 3. The minimum Gasteiger partial charge on any atom is -0.500 e. The summed E-state index contributed by atoms with van der Waals surface area (Å²) in [7, 11) is 0. The van der Waals surface area contributed by atoms with Crippen LogP contribution in [-0.2, 0) is 26.5 Å². The Hall–Kier alpha value is -6.01. The van der Waals surface area contributed by atoms with Crippen molar-refractivity contribution >= 4 is 32.7 Å². The van der Waals surface area contributed by atoms with Crippen molar-refractivity contribution in [2.75, 3.05) is 0 Å². The van der Waals surface area contributed by atoms with Gasteiger partial charge < -0.3 is 9.40 Å². The van der Waals surface area contributed by atoms with Gasteiger partial charge in [0.2, 0.25) is 0 Å². The molecule has 0 unspecified atom stereocenters. The molecule has 0 spiro atoms. The first kappa shape index (κ1) is 31.9. The van der Waals surface area contributed by atoms with E-state index in [0.717, 1.165) is 57.7 Å². The van der Waals surface area contributed by atoms with E-state index in [1.54, 1.807) is 42.6 Å². The Kier molecular flexibility index (Phi) is 9.03. The maximum atomic E-state index is 13.6. The van der Waals surface area contributed by atoms with Gasteiger partial charge in [0.1, 0.15) is 5.58 Å². The van der Waals surface area contributed by atoms with E-state index >= 15 is 0 Å². The summed E-state index contributed by atoms with van der Waals surface area (Å²) in [4.78, 5) is 8.82. The summed E-state index contributed by atoms with van der Waals surface area (Å²) in [6, 6.07) is 44.7. The second kappa shape index (κ2) is 16.7. The SMILES string of the molecule is [2H]C([2H])([2H])c1ccc(-c2cc(-c3ccccc3)c(C([2H])([2H])[2H])cc2[CH2-])nc1.[2H]C([2H])(c1ccc(-c2ccnc(-c3[c-]ccc4c3oc3c5ccccc5ccc43)c2)cc1)C(C)(C)C(F)(F)F.[Ir]. The summed E-state index contributed by atoms with van der Waals surface area (Å²) in [5.41, 5.74) is 5.21. The van der Waals surface area contributed by atoms with Crippen LogP contribution in [0.4, 0.5) is 13.2 Å². The average molecular weight is 967 g/mol. The zero-order valence-corrected chi connectivity index (χ0v) is 34.3. The topological polar surface area (TPSA) is 38.9 Å². The average Bonchev–Trinajstić information content (AvgIpc) is 3.68. The molecule has 6 aromatic carbocycles. The molecule has 3 heterocycles. The second-order valence-electron chi connectivity index (χ2n) is 14.5. The molecule has 3 nitrogen and oxygen atoms in total. The number of aryl methyl sites for hydroxylation is 2. The van der Waals surface area contributed by atoms with Crippen molar-refractivity contribution in [3.05, 3.63) is 187 Å². The number of pyridine rings is 2. The van der Waals surface area contributed by atoms with Crippen LogP contribution in [0.25, 0.3) is 77.5 Å². The van der Waals surface area contributed by atoms with E-state index in [0.29, 0.717) is 39.2 Å². The first-order valence-corrected chi connectivity index (χ1v) is 18.5. The third kappa shape index (κ3) is 8.45. The third-order valence-corrected chi connectivity index (χ3v) is 10.1. The molecule has 9 rings (SSSR count). The van der Waals surface area contributed by atoms with Gasteiger partial charge in [-0.1, -0.05) is 140 Å². The molecule has 0 saturated carbocycles. The Morgan fingerprint density at radius 3 is 2.19 bits per heavy atom. The summed E-state index contributed by atoms with van der Waals surface area (Å²) in [6.45, 7) is 1.24. The van der Waals surface area contributed by atoms with Gasteiger partial charge in [0.25, 0.3) is 0 Å². The van der Waals surface area contributed by atoms with Gasteiger partial charge >= 0.3 is 6.18 Å². The van der Waals surface area contributed by atoms with Crippen LogP contribution < -0.4 is 0 Å². The van der Waals surface area contributed by atoms with Gasteiger partial charge in [0.15, 0.2) is 0 Å².